The van der Waals surface area contributed by atoms with Crippen molar-refractivity contribution in [1.82, 2.24) is 0 Å². The Morgan fingerprint density at radius 3 is 2.47 bits per heavy atom. The van der Waals surface area contributed by atoms with Gasteiger partial charge in [0.2, 0.25) is 0 Å². The molecule has 0 spiro atoms. The molecule has 0 radical (unpaired) electrons. The summed E-state index contributed by atoms with van der Waals surface area (Å²) in [6.45, 7) is 8.88. The third kappa shape index (κ3) is 3.48. The summed E-state index contributed by atoms with van der Waals surface area (Å²) in [7, 11) is 1.44. The molecule has 0 bridgehead atoms. The van der Waals surface area contributed by atoms with Gasteiger partial charge in [-0.2, -0.15) is 0 Å². The molecule has 1 unspecified atom stereocenters. The lowest BCUT2D eigenvalue weighted by Gasteiger charge is -2.61. The number of carbonyl (C=O) groups is 3. The first-order valence-corrected chi connectivity index (χ1v) is 12.9. The first-order valence-electron chi connectivity index (χ1n) is 12.9. The Balaban J connectivity index is 1.62. The van der Waals surface area contributed by atoms with Crippen LogP contribution in [0.3, 0.4) is 0 Å². The van der Waals surface area contributed by atoms with Crippen LogP contribution in [-0.4, -0.2) is 30.8 Å². The van der Waals surface area contributed by atoms with E-state index in [-0.39, 0.29) is 52.7 Å². The molecule has 10 atom stereocenters. The Bertz CT molecular complexity index is 780. The van der Waals surface area contributed by atoms with Gasteiger partial charge < -0.3 is 4.74 Å². The van der Waals surface area contributed by atoms with Gasteiger partial charge in [-0.25, -0.2) is 4.39 Å². The van der Waals surface area contributed by atoms with E-state index >= 15 is 0 Å². The fourth-order valence-electron chi connectivity index (χ4n) is 9.09. The Labute approximate surface area is 192 Å². The summed E-state index contributed by atoms with van der Waals surface area (Å²) in [5, 5.41) is 0. The van der Waals surface area contributed by atoms with Crippen LogP contribution in [0.15, 0.2) is 0 Å². The number of halogens is 1. The van der Waals surface area contributed by atoms with Gasteiger partial charge in [0.15, 0.2) is 12.0 Å². The molecule has 5 heteroatoms. The van der Waals surface area contributed by atoms with Crippen LogP contribution < -0.4 is 0 Å². The maximum Gasteiger partial charge on any atom is 0.305 e. The average molecular weight is 449 g/mol. The Morgan fingerprint density at radius 1 is 1.12 bits per heavy atom. The molecule has 0 amide bonds. The molecular formula is C27H41FO4. The van der Waals surface area contributed by atoms with E-state index in [0.717, 1.165) is 38.5 Å². The molecule has 4 rings (SSSR count). The van der Waals surface area contributed by atoms with Crippen LogP contribution >= 0.6 is 0 Å². The predicted molar refractivity (Wildman–Crippen MR) is 120 cm³/mol. The van der Waals surface area contributed by atoms with Crippen LogP contribution in [0.25, 0.3) is 0 Å². The van der Waals surface area contributed by atoms with Crippen molar-refractivity contribution in [3.05, 3.63) is 0 Å². The Hall–Kier alpha value is -1.26. The van der Waals surface area contributed by atoms with Gasteiger partial charge in [0.05, 0.1) is 7.11 Å². The molecule has 0 aromatic heterocycles. The van der Waals surface area contributed by atoms with Gasteiger partial charge in [-0.1, -0.05) is 27.7 Å². The van der Waals surface area contributed by atoms with E-state index in [4.69, 9.17) is 4.74 Å². The minimum absolute atomic E-state index is 0.00119. The standard InChI is InChI=1S/C27H41FO4/c1-6-16-20-13-22(29)21(28)14-27(20,4)19-11-12-26(3)17(15(2)7-10-23(30)32-5)8-9-18(26)24(19)25(16)31/h15-21,24H,6-14H2,1-5H3/t15?,16-,17-,18+,19+,20+,21-,24+,26-,27-/m1/s1. The van der Waals surface area contributed by atoms with Crippen molar-refractivity contribution in [2.24, 2.45) is 52.3 Å². The number of rotatable bonds is 5. The SMILES string of the molecule is CC[C@H]1C(=O)[C@@H]2[C@H](CC[C@]3(C)[C@@H](C(C)CCC(=O)OC)CC[C@@H]23)[C@@]2(C)C[C@@H](F)C(=O)C[C@@H]12. The highest BCUT2D eigenvalue weighted by Gasteiger charge is 2.66. The van der Waals surface area contributed by atoms with Crippen LogP contribution in [0, 0.1) is 52.3 Å². The average Bonchev–Trinajstić information content (AvgIpc) is 3.11. The van der Waals surface area contributed by atoms with Gasteiger partial charge in [0.1, 0.15) is 5.78 Å². The van der Waals surface area contributed by atoms with E-state index in [0.29, 0.717) is 36.4 Å². The molecule has 180 valence electrons. The first-order chi connectivity index (χ1) is 15.1. The third-order valence-electron chi connectivity index (χ3n) is 10.8. The molecule has 4 aliphatic rings. The number of fused-ring (bicyclic) bond motifs is 5. The van der Waals surface area contributed by atoms with Crippen LogP contribution in [0.2, 0.25) is 0 Å². The van der Waals surface area contributed by atoms with E-state index in [1.165, 1.54) is 7.11 Å². The number of alkyl halides is 1. The number of Topliss-reactive ketones (excluding diaryl/α,β-unsaturated/α-hetero) is 2. The lowest BCUT2D eigenvalue weighted by atomic mass is 9.41. The summed E-state index contributed by atoms with van der Waals surface area (Å²) < 4.78 is 19.5. The summed E-state index contributed by atoms with van der Waals surface area (Å²) in [6, 6.07) is 0. The van der Waals surface area contributed by atoms with Crippen molar-refractivity contribution >= 4 is 17.5 Å². The number of ether oxygens (including phenoxy) is 1. The van der Waals surface area contributed by atoms with Gasteiger partial charge >= 0.3 is 5.97 Å². The number of ketones is 2. The van der Waals surface area contributed by atoms with Crippen molar-refractivity contribution in [2.45, 2.75) is 91.7 Å². The Kier molecular flexibility index (Phi) is 6.35. The highest BCUT2D eigenvalue weighted by atomic mass is 19.1. The zero-order valence-electron chi connectivity index (χ0n) is 20.5. The van der Waals surface area contributed by atoms with Crippen LogP contribution in [-0.2, 0) is 19.1 Å². The van der Waals surface area contributed by atoms with Crippen molar-refractivity contribution in [3.8, 4) is 0 Å². The van der Waals surface area contributed by atoms with E-state index < -0.39 is 6.17 Å². The molecular weight excluding hydrogens is 407 g/mol. The lowest BCUT2D eigenvalue weighted by Crippen LogP contribution is -2.61. The summed E-state index contributed by atoms with van der Waals surface area (Å²) >= 11 is 0. The van der Waals surface area contributed by atoms with Crippen LogP contribution in [0.4, 0.5) is 4.39 Å². The fraction of sp³-hybridized carbons (Fsp3) is 0.889. The van der Waals surface area contributed by atoms with Crippen LogP contribution in [0.5, 0.6) is 0 Å². The van der Waals surface area contributed by atoms with Gasteiger partial charge in [-0.3, -0.25) is 14.4 Å². The molecule has 4 fully saturated rings. The molecule has 0 aliphatic heterocycles. The van der Waals surface area contributed by atoms with E-state index in [9.17, 15) is 18.8 Å². The number of methoxy groups -OCH3 is 1. The first kappa shape index (κ1) is 23.9. The number of carbonyl (C=O) groups excluding carboxylic acids is 3. The van der Waals surface area contributed by atoms with Crippen molar-refractivity contribution in [3.63, 3.8) is 0 Å². The maximum atomic E-state index is 14.7. The second-order valence-corrected chi connectivity index (χ2v) is 11.9. The fourth-order valence-corrected chi connectivity index (χ4v) is 9.09. The number of hydrogen-bond acceptors (Lipinski definition) is 4. The van der Waals surface area contributed by atoms with Crippen molar-refractivity contribution < 1.29 is 23.5 Å². The molecule has 0 N–H and O–H groups in total. The topological polar surface area (TPSA) is 60.4 Å². The van der Waals surface area contributed by atoms with Gasteiger partial charge in [0, 0.05) is 24.7 Å². The molecule has 0 heterocycles. The second kappa shape index (κ2) is 8.51. The van der Waals surface area contributed by atoms with Crippen molar-refractivity contribution in [1.29, 1.82) is 0 Å². The minimum Gasteiger partial charge on any atom is -0.469 e. The zero-order valence-corrected chi connectivity index (χ0v) is 20.5. The van der Waals surface area contributed by atoms with E-state index in [1.54, 1.807) is 0 Å². The van der Waals surface area contributed by atoms with E-state index in [1.807, 2.05) is 0 Å². The molecule has 32 heavy (non-hydrogen) atoms. The maximum absolute atomic E-state index is 14.7. The molecule has 0 aromatic rings. The summed E-state index contributed by atoms with van der Waals surface area (Å²) in [6.07, 6.45) is 5.34. The quantitative estimate of drug-likeness (QED) is 0.516. The molecule has 4 nitrogen and oxygen atoms in total. The Morgan fingerprint density at radius 2 is 1.81 bits per heavy atom. The third-order valence-corrected chi connectivity index (χ3v) is 10.8. The van der Waals surface area contributed by atoms with E-state index in [2.05, 4.69) is 27.7 Å². The highest BCUT2D eigenvalue weighted by Crippen LogP contribution is 2.68. The van der Waals surface area contributed by atoms with Crippen LogP contribution in [0.1, 0.15) is 85.5 Å². The lowest BCUT2D eigenvalue weighted by molar-refractivity contribution is -0.174. The predicted octanol–water partition coefficient (Wildman–Crippen LogP) is 5.57. The molecule has 0 saturated heterocycles. The summed E-state index contributed by atoms with van der Waals surface area (Å²) in [5.41, 5.74) is -0.171. The van der Waals surface area contributed by atoms with Crippen molar-refractivity contribution in [2.75, 3.05) is 7.11 Å². The second-order valence-electron chi connectivity index (χ2n) is 11.9. The highest BCUT2D eigenvalue weighted by molar-refractivity contribution is 5.89. The summed E-state index contributed by atoms with van der Waals surface area (Å²) in [4.78, 5) is 37.9. The molecule has 0 aromatic carbocycles. The number of hydrogen-bond donors (Lipinski definition) is 0. The number of esters is 1. The normalized spacial score (nSPS) is 46.8. The minimum atomic E-state index is -1.37. The van der Waals surface area contributed by atoms with Gasteiger partial charge in [-0.15, -0.1) is 0 Å². The monoisotopic (exact) mass is 448 g/mol. The molecule has 4 aliphatic carbocycles. The van der Waals surface area contributed by atoms with Gasteiger partial charge in [-0.05, 0) is 85.4 Å². The molecule has 4 saturated carbocycles. The summed E-state index contributed by atoms with van der Waals surface area (Å²) in [5.74, 6) is 1.24. The zero-order chi connectivity index (χ0) is 23.4. The smallest absolute Gasteiger partial charge is 0.305 e. The largest absolute Gasteiger partial charge is 0.469 e. The van der Waals surface area contributed by atoms with Gasteiger partial charge in [0.25, 0.3) is 0 Å².